The first kappa shape index (κ1) is 23.9. The molecule has 3 heterocycles. The molecule has 1 aliphatic carbocycles. The first-order chi connectivity index (χ1) is 17.8. The van der Waals surface area contributed by atoms with E-state index in [0.29, 0.717) is 17.6 Å². The largest absolute Gasteiger partial charge is 0.380 e. The molecule has 3 aliphatic heterocycles. The number of piperidine rings is 1. The molecule has 37 heavy (non-hydrogen) atoms. The van der Waals surface area contributed by atoms with Crippen LogP contribution in [0.5, 0.6) is 0 Å². The van der Waals surface area contributed by atoms with Gasteiger partial charge in [-0.1, -0.05) is 30.7 Å². The van der Waals surface area contributed by atoms with Crippen LogP contribution < -0.4 is 10.6 Å². The number of aryl methyl sites for hydroxylation is 1. The monoisotopic (exact) mass is 500 g/mol. The second-order valence-corrected chi connectivity index (χ2v) is 11.1. The van der Waals surface area contributed by atoms with E-state index in [-0.39, 0.29) is 29.9 Å². The smallest absolute Gasteiger partial charge is 0.264 e. The van der Waals surface area contributed by atoms with Gasteiger partial charge in [-0.2, -0.15) is 0 Å². The summed E-state index contributed by atoms with van der Waals surface area (Å²) in [5, 5.41) is 5.57. The summed E-state index contributed by atoms with van der Waals surface area (Å²) in [4.78, 5) is 53.8. The van der Waals surface area contributed by atoms with E-state index < -0.39 is 23.8 Å². The molecule has 8 nitrogen and oxygen atoms in total. The fraction of sp³-hybridized carbons (Fsp3) is 0.448. The molecule has 8 heteroatoms. The molecule has 2 aromatic rings. The van der Waals surface area contributed by atoms with E-state index in [1.54, 1.807) is 18.2 Å². The van der Waals surface area contributed by atoms with Gasteiger partial charge < -0.3 is 5.32 Å². The quantitative estimate of drug-likeness (QED) is 0.590. The van der Waals surface area contributed by atoms with Crippen molar-refractivity contribution in [2.24, 2.45) is 5.41 Å². The van der Waals surface area contributed by atoms with E-state index in [2.05, 4.69) is 40.7 Å². The van der Waals surface area contributed by atoms with E-state index in [4.69, 9.17) is 0 Å². The van der Waals surface area contributed by atoms with Gasteiger partial charge in [-0.05, 0) is 73.4 Å². The van der Waals surface area contributed by atoms with E-state index in [0.717, 1.165) is 17.0 Å². The molecule has 1 atom stereocenters. The van der Waals surface area contributed by atoms with Crippen LogP contribution in [-0.2, 0) is 22.7 Å². The van der Waals surface area contributed by atoms with Crippen molar-refractivity contribution < 1.29 is 19.2 Å². The van der Waals surface area contributed by atoms with Gasteiger partial charge in [0.25, 0.3) is 11.8 Å². The lowest BCUT2D eigenvalue weighted by Crippen LogP contribution is -2.54. The lowest BCUT2D eigenvalue weighted by Gasteiger charge is -2.38. The average Bonchev–Trinajstić information content (AvgIpc) is 3.40. The highest BCUT2D eigenvalue weighted by atomic mass is 16.2. The maximum absolute atomic E-state index is 13.3. The summed E-state index contributed by atoms with van der Waals surface area (Å²) < 4.78 is 0. The first-order valence-electron chi connectivity index (χ1n) is 13.2. The van der Waals surface area contributed by atoms with Crippen LogP contribution in [0, 0.1) is 12.3 Å². The highest BCUT2D eigenvalue weighted by Crippen LogP contribution is 2.48. The molecule has 2 saturated heterocycles. The average molecular weight is 501 g/mol. The minimum Gasteiger partial charge on any atom is -0.380 e. The minimum absolute atomic E-state index is 0.100. The summed E-state index contributed by atoms with van der Waals surface area (Å²) in [6, 6.07) is 10.7. The van der Waals surface area contributed by atoms with E-state index in [9.17, 15) is 19.2 Å². The zero-order valence-electron chi connectivity index (χ0n) is 21.1. The molecule has 0 bridgehead atoms. The van der Waals surface area contributed by atoms with Crippen molar-refractivity contribution in [3.63, 3.8) is 0 Å². The van der Waals surface area contributed by atoms with Crippen LogP contribution in [0.25, 0.3) is 0 Å². The van der Waals surface area contributed by atoms with Crippen LogP contribution in [0.3, 0.4) is 0 Å². The molecular formula is C29H32N4O4. The highest BCUT2D eigenvalue weighted by Gasteiger charge is 2.45. The van der Waals surface area contributed by atoms with Crippen molar-refractivity contribution in [2.75, 3.05) is 18.4 Å². The van der Waals surface area contributed by atoms with E-state index in [1.807, 2.05) is 0 Å². The SMILES string of the molecule is Cc1cc(CNc2cccc3c2C(=O)N(C2CCC(=O)NC2=O)C3=O)ccc1CN1CCC2(CCC2)C1. The number of likely N-dealkylation sites (tertiary alicyclic amines) is 1. The Hall–Kier alpha value is -3.52. The van der Waals surface area contributed by atoms with Crippen LogP contribution in [0.4, 0.5) is 5.69 Å². The highest BCUT2D eigenvalue weighted by molar-refractivity contribution is 6.25. The molecule has 1 unspecified atom stereocenters. The number of hydrogen-bond donors (Lipinski definition) is 2. The van der Waals surface area contributed by atoms with Gasteiger partial charge >= 0.3 is 0 Å². The Morgan fingerprint density at radius 3 is 2.59 bits per heavy atom. The van der Waals surface area contributed by atoms with Gasteiger partial charge in [0.05, 0.1) is 11.1 Å². The van der Waals surface area contributed by atoms with Crippen molar-refractivity contribution in [2.45, 2.75) is 64.6 Å². The Balaban J connectivity index is 1.14. The first-order valence-corrected chi connectivity index (χ1v) is 13.2. The summed E-state index contributed by atoms with van der Waals surface area (Å²) in [5.41, 5.74) is 5.42. The van der Waals surface area contributed by atoms with Gasteiger partial charge in [0.1, 0.15) is 6.04 Å². The van der Waals surface area contributed by atoms with Crippen molar-refractivity contribution in [3.8, 4) is 0 Å². The molecular weight excluding hydrogens is 468 g/mol. The second kappa shape index (κ2) is 9.10. The molecule has 2 N–H and O–H groups in total. The lowest BCUT2D eigenvalue weighted by atomic mass is 9.68. The molecule has 1 spiro atoms. The Morgan fingerprint density at radius 1 is 1.05 bits per heavy atom. The normalized spacial score (nSPS) is 22.8. The summed E-state index contributed by atoms with van der Waals surface area (Å²) >= 11 is 0. The number of anilines is 1. The number of rotatable bonds is 6. The topological polar surface area (TPSA) is 98.8 Å². The Kier molecular flexibility index (Phi) is 5.87. The molecule has 3 fully saturated rings. The summed E-state index contributed by atoms with van der Waals surface area (Å²) in [5.74, 6) is -1.99. The number of amides is 4. The fourth-order valence-corrected chi connectivity index (χ4v) is 6.39. The Labute approximate surface area is 216 Å². The Morgan fingerprint density at radius 2 is 1.89 bits per heavy atom. The third-order valence-electron chi connectivity index (χ3n) is 8.68. The van der Waals surface area contributed by atoms with Gasteiger partial charge in [0.15, 0.2) is 0 Å². The van der Waals surface area contributed by atoms with Gasteiger partial charge in [0.2, 0.25) is 11.8 Å². The zero-order valence-corrected chi connectivity index (χ0v) is 21.1. The molecule has 192 valence electrons. The predicted octanol–water partition coefficient (Wildman–Crippen LogP) is 3.38. The number of hydrogen-bond acceptors (Lipinski definition) is 6. The third kappa shape index (κ3) is 4.23. The van der Waals surface area contributed by atoms with Crippen molar-refractivity contribution >= 4 is 29.3 Å². The number of carbonyl (C=O) groups excluding carboxylic acids is 4. The number of imide groups is 2. The van der Waals surface area contributed by atoms with E-state index in [1.165, 1.54) is 49.9 Å². The second-order valence-electron chi connectivity index (χ2n) is 11.1. The summed E-state index contributed by atoms with van der Waals surface area (Å²) in [6.07, 6.45) is 5.72. The van der Waals surface area contributed by atoms with Gasteiger partial charge in [-0.25, -0.2) is 0 Å². The van der Waals surface area contributed by atoms with Crippen molar-refractivity contribution in [1.29, 1.82) is 0 Å². The number of benzene rings is 2. The third-order valence-corrected chi connectivity index (χ3v) is 8.68. The van der Waals surface area contributed by atoms with Crippen LogP contribution in [0.2, 0.25) is 0 Å². The van der Waals surface area contributed by atoms with Gasteiger partial charge in [-0.3, -0.25) is 34.3 Å². The predicted molar refractivity (Wildman–Crippen MR) is 138 cm³/mol. The number of fused-ring (bicyclic) bond motifs is 1. The fourth-order valence-electron chi connectivity index (χ4n) is 6.39. The molecule has 0 radical (unpaired) electrons. The number of nitrogens with one attached hydrogen (secondary N) is 2. The molecule has 1 saturated carbocycles. The van der Waals surface area contributed by atoms with Gasteiger partial charge in [-0.15, -0.1) is 0 Å². The number of carbonyl (C=O) groups is 4. The molecule has 0 aromatic heterocycles. The maximum atomic E-state index is 13.3. The maximum Gasteiger partial charge on any atom is 0.264 e. The minimum atomic E-state index is -0.970. The molecule has 2 aromatic carbocycles. The van der Waals surface area contributed by atoms with Gasteiger partial charge in [0, 0.05) is 31.7 Å². The molecule has 4 amide bonds. The number of nitrogens with zero attached hydrogens (tertiary/aromatic N) is 2. The van der Waals surface area contributed by atoms with Crippen molar-refractivity contribution in [1.82, 2.24) is 15.1 Å². The zero-order chi connectivity index (χ0) is 25.7. The molecule has 6 rings (SSSR count). The van der Waals surface area contributed by atoms with Crippen molar-refractivity contribution in [3.05, 3.63) is 64.2 Å². The van der Waals surface area contributed by atoms with Crippen LogP contribution in [-0.4, -0.2) is 52.6 Å². The summed E-state index contributed by atoms with van der Waals surface area (Å²) in [7, 11) is 0. The van der Waals surface area contributed by atoms with E-state index >= 15 is 0 Å². The molecule has 4 aliphatic rings. The summed E-state index contributed by atoms with van der Waals surface area (Å²) in [6.45, 7) is 6.04. The standard InChI is InChI=1S/C29H32N4O4/c1-18-14-19(6-7-20(18)16-32-13-12-29(17-32)10-3-11-29)15-30-22-5-2-4-21-25(22)28(37)33(27(21)36)23-8-9-24(34)31-26(23)35/h2,4-7,14,23,30H,3,8-13,15-17H2,1H3,(H,31,34,35). The van der Waals surface area contributed by atoms with Crippen LogP contribution >= 0.6 is 0 Å². The Bertz CT molecular complexity index is 1310. The van der Waals surface area contributed by atoms with Crippen LogP contribution in [0.15, 0.2) is 36.4 Å². The van der Waals surface area contributed by atoms with Crippen LogP contribution in [0.1, 0.15) is 75.9 Å². The lowest BCUT2D eigenvalue weighted by molar-refractivity contribution is -0.136.